The molecule has 2 rings (SSSR count). The number of nitrogens with zero attached hydrogens (tertiary/aromatic N) is 1. The van der Waals surface area contributed by atoms with Gasteiger partial charge < -0.3 is 15.3 Å². The minimum absolute atomic E-state index is 0.284. The molecule has 2 N–H and O–H groups in total. The summed E-state index contributed by atoms with van der Waals surface area (Å²) in [5, 5.41) is 13.2. The number of carbonyl (C=O) groups is 2. The Kier molecular flexibility index (Phi) is 4.54. The zero-order valence-electron chi connectivity index (χ0n) is 11.2. The number of hydrogen-bond acceptors (Lipinski definition) is 3. The third kappa shape index (κ3) is 3.57. The van der Waals surface area contributed by atoms with E-state index in [4.69, 9.17) is 5.11 Å². The number of benzene rings is 1. The Morgan fingerprint density at radius 2 is 2.10 bits per heavy atom. The Bertz CT molecular complexity index is 658. The molecule has 0 saturated heterocycles. The quantitative estimate of drug-likeness (QED) is 0.911. The number of para-hydroxylation sites is 1. The molecule has 0 bridgehead atoms. The predicted octanol–water partition coefficient (Wildman–Crippen LogP) is 3.25. The van der Waals surface area contributed by atoms with E-state index in [1.807, 2.05) is 17.5 Å². The summed E-state index contributed by atoms with van der Waals surface area (Å²) in [6.45, 7) is 0.361. The largest absolute Gasteiger partial charge is 0.478 e. The second-order valence-electron chi connectivity index (χ2n) is 4.33. The Balaban J connectivity index is 2.14. The number of rotatable bonds is 4. The lowest BCUT2D eigenvalue weighted by molar-refractivity contribution is 0.0697. The molecule has 0 radical (unpaired) electrons. The maximum absolute atomic E-state index is 13.7. The monoisotopic (exact) mass is 308 g/mol. The Morgan fingerprint density at radius 3 is 2.71 bits per heavy atom. The van der Waals surface area contributed by atoms with Gasteiger partial charge in [-0.2, -0.15) is 0 Å². The number of carboxylic acid groups (broad SMARTS) is 1. The van der Waals surface area contributed by atoms with Gasteiger partial charge in [-0.05, 0) is 23.6 Å². The number of thiophene rings is 1. The standard InChI is InChI=1S/C14H13FN2O3S/c1-17(8-9-4-3-7-21-9)14(20)16-12-10(13(18)19)5-2-6-11(12)15/h2-7H,8H2,1H3,(H,16,20)(H,18,19). The summed E-state index contributed by atoms with van der Waals surface area (Å²) in [6, 6.07) is 6.78. The van der Waals surface area contributed by atoms with Crippen molar-refractivity contribution in [3.63, 3.8) is 0 Å². The molecule has 7 heteroatoms. The fraction of sp³-hybridized carbons (Fsp3) is 0.143. The summed E-state index contributed by atoms with van der Waals surface area (Å²) in [5.74, 6) is -2.08. The van der Waals surface area contributed by atoms with Gasteiger partial charge in [-0.25, -0.2) is 14.0 Å². The van der Waals surface area contributed by atoms with Crippen molar-refractivity contribution < 1.29 is 19.1 Å². The van der Waals surface area contributed by atoms with Crippen molar-refractivity contribution in [2.75, 3.05) is 12.4 Å². The summed E-state index contributed by atoms with van der Waals surface area (Å²) in [4.78, 5) is 25.4. The third-order valence-corrected chi connectivity index (χ3v) is 3.66. The molecule has 5 nitrogen and oxygen atoms in total. The maximum atomic E-state index is 13.7. The molecule has 0 spiro atoms. The summed E-state index contributed by atoms with van der Waals surface area (Å²) in [5.41, 5.74) is -0.610. The van der Waals surface area contributed by atoms with Crippen LogP contribution in [0.1, 0.15) is 15.2 Å². The first kappa shape index (κ1) is 15.0. The van der Waals surface area contributed by atoms with E-state index in [1.165, 1.54) is 28.4 Å². The van der Waals surface area contributed by atoms with E-state index in [-0.39, 0.29) is 11.3 Å². The molecular formula is C14H13FN2O3S. The van der Waals surface area contributed by atoms with E-state index >= 15 is 0 Å². The molecule has 1 heterocycles. The highest BCUT2D eigenvalue weighted by Crippen LogP contribution is 2.20. The van der Waals surface area contributed by atoms with Crippen LogP contribution in [0.15, 0.2) is 35.7 Å². The van der Waals surface area contributed by atoms with Gasteiger partial charge in [0.1, 0.15) is 5.82 Å². The Hall–Kier alpha value is -2.41. The van der Waals surface area contributed by atoms with Gasteiger partial charge in [-0.15, -0.1) is 11.3 Å². The highest BCUT2D eigenvalue weighted by molar-refractivity contribution is 7.09. The molecule has 1 aromatic carbocycles. The summed E-state index contributed by atoms with van der Waals surface area (Å²) >= 11 is 1.50. The number of urea groups is 1. The SMILES string of the molecule is CN(Cc1cccs1)C(=O)Nc1c(F)cccc1C(=O)O. The average Bonchev–Trinajstić information content (AvgIpc) is 2.93. The molecule has 21 heavy (non-hydrogen) atoms. The lowest BCUT2D eigenvalue weighted by atomic mass is 10.1. The first-order valence-corrected chi connectivity index (χ1v) is 6.93. The van der Waals surface area contributed by atoms with Crippen LogP contribution in [-0.2, 0) is 6.54 Å². The zero-order valence-corrected chi connectivity index (χ0v) is 12.0. The average molecular weight is 308 g/mol. The highest BCUT2D eigenvalue weighted by Gasteiger charge is 2.18. The van der Waals surface area contributed by atoms with Gasteiger partial charge in [0, 0.05) is 11.9 Å². The molecule has 1 aromatic heterocycles. The van der Waals surface area contributed by atoms with Crippen LogP contribution in [-0.4, -0.2) is 29.1 Å². The van der Waals surface area contributed by atoms with Crippen molar-refractivity contribution in [3.8, 4) is 0 Å². The van der Waals surface area contributed by atoms with Crippen molar-refractivity contribution in [1.29, 1.82) is 0 Å². The summed E-state index contributed by atoms with van der Waals surface area (Å²) < 4.78 is 13.7. The molecule has 110 valence electrons. The predicted molar refractivity (Wildman–Crippen MR) is 78.2 cm³/mol. The van der Waals surface area contributed by atoms with E-state index in [2.05, 4.69) is 5.32 Å². The maximum Gasteiger partial charge on any atom is 0.337 e. The van der Waals surface area contributed by atoms with Gasteiger partial charge in [0.25, 0.3) is 0 Å². The van der Waals surface area contributed by atoms with E-state index in [1.54, 1.807) is 7.05 Å². The van der Waals surface area contributed by atoms with Gasteiger partial charge in [0.2, 0.25) is 0 Å². The first-order chi connectivity index (χ1) is 9.99. The smallest absolute Gasteiger partial charge is 0.337 e. The van der Waals surface area contributed by atoms with Crippen molar-refractivity contribution in [2.45, 2.75) is 6.54 Å². The van der Waals surface area contributed by atoms with Gasteiger partial charge in [-0.3, -0.25) is 0 Å². The van der Waals surface area contributed by atoms with Crippen LogP contribution in [0.4, 0.5) is 14.9 Å². The van der Waals surface area contributed by atoms with Crippen LogP contribution < -0.4 is 5.32 Å². The number of nitrogens with one attached hydrogen (secondary N) is 1. The van der Waals surface area contributed by atoms with Gasteiger partial charge >= 0.3 is 12.0 Å². The van der Waals surface area contributed by atoms with Crippen molar-refractivity contribution >= 4 is 29.0 Å². The van der Waals surface area contributed by atoms with Crippen molar-refractivity contribution in [3.05, 3.63) is 52.0 Å². The highest BCUT2D eigenvalue weighted by atomic mass is 32.1. The molecule has 0 aliphatic carbocycles. The second-order valence-corrected chi connectivity index (χ2v) is 5.37. The number of amides is 2. The summed E-state index contributed by atoms with van der Waals surface area (Å²) in [7, 11) is 1.55. The molecule has 0 atom stereocenters. The fourth-order valence-corrected chi connectivity index (χ4v) is 2.50. The van der Waals surface area contributed by atoms with Crippen LogP contribution in [0.5, 0.6) is 0 Å². The van der Waals surface area contributed by atoms with Gasteiger partial charge in [0.05, 0.1) is 17.8 Å². The molecule has 0 unspecified atom stereocenters. The number of aromatic carboxylic acids is 1. The van der Waals surface area contributed by atoms with Crippen molar-refractivity contribution in [1.82, 2.24) is 4.90 Å². The van der Waals surface area contributed by atoms with Crippen molar-refractivity contribution in [2.24, 2.45) is 0 Å². The molecule has 2 aromatic rings. The fourth-order valence-electron chi connectivity index (χ4n) is 1.74. The van der Waals surface area contributed by atoms with Crippen LogP contribution in [0, 0.1) is 5.82 Å². The topological polar surface area (TPSA) is 69.6 Å². The van der Waals surface area contributed by atoms with Crippen LogP contribution >= 0.6 is 11.3 Å². The zero-order chi connectivity index (χ0) is 15.4. The minimum atomic E-state index is -1.30. The van der Waals surface area contributed by atoms with Crippen LogP contribution in [0.25, 0.3) is 0 Å². The van der Waals surface area contributed by atoms with Crippen LogP contribution in [0.2, 0.25) is 0 Å². The lowest BCUT2D eigenvalue weighted by Gasteiger charge is -2.18. The van der Waals surface area contributed by atoms with E-state index in [0.29, 0.717) is 6.54 Å². The van der Waals surface area contributed by atoms with E-state index in [0.717, 1.165) is 10.9 Å². The Morgan fingerprint density at radius 1 is 1.33 bits per heavy atom. The molecule has 2 amide bonds. The van der Waals surface area contributed by atoms with Gasteiger partial charge in [0.15, 0.2) is 0 Å². The molecule has 0 fully saturated rings. The van der Waals surface area contributed by atoms with Gasteiger partial charge in [-0.1, -0.05) is 12.1 Å². The lowest BCUT2D eigenvalue weighted by Crippen LogP contribution is -2.31. The molecule has 0 aliphatic heterocycles. The Labute approximate surface area is 124 Å². The number of carboxylic acids is 1. The summed E-state index contributed by atoms with van der Waals surface area (Å²) in [6.07, 6.45) is 0. The third-order valence-electron chi connectivity index (χ3n) is 2.80. The number of anilines is 1. The van der Waals surface area contributed by atoms with E-state index < -0.39 is 17.8 Å². The van der Waals surface area contributed by atoms with E-state index in [9.17, 15) is 14.0 Å². The normalized spacial score (nSPS) is 10.2. The molecule has 0 aliphatic rings. The molecular weight excluding hydrogens is 295 g/mol. The molecule has 0 saturated carbocycles. The van der Waals surface area contributed by atoms with Crippen LogP contribution in [0.3, 0.4) is 0 Å². The number of halogens is 1. The number of carbonyl (C=O) groups excluding carboxylic acids is 1. The number of hydrogen-bond donors (Lipinski definition) is 2. The second kappa shape index (κ2) is 6.36. The first-order valence-electron chi connectivity index (χ1n) is 6.05. The minimum Gasteiger partial charge on any atom is -0.478 e.